The van der Waals surface area contributed by atoms with Gasteiger partial charge in [0.25, 0.3) is 0 Å². The van der Waals surface area contributed by atoms with Gasteiger partial charge in [0.2, 0.25) is 0 Å². The number of benzene rings is 3. The third kappa shape index (κ3) is 22.4. The third-order valence-electron chi connectivity index (χ3n) is 6.36. The smallest absolute Gasteiger partial charge is 0.0645 e. The number of aryl methyl sites for hydroxylation is 1. The second-order valence-corrected chi connectivity index (χ2v) is 10.5. The van der Waals surface area contributed by atoms with Crippen LogP contribution in [0.25, 0.3) is 0 Å². The fourth-order valence-corrected chi connectivity index (χ4v) is 3.98. The van der Waals surface area contributed by atoms with Crippen LogP contribution in [0.15, 0.2) is 91.0 Å². The third-order valence-corrected chi connectivity index (χ3v) is 6.64. The summed E-state index contributed by atoms with van der Waals surface area (Å²) in [6, 6.07) is 32.1. The molecule has 3 rings (SSSR count). The summed E-state index contributed by atoms with van der Waals surface area (Å²) in [6.45, 7) is 8.71. The van der Waals surface area contributed by atoms with Gasteiger partial charge >= 0.3 is 0 Å². The van der Waals surface area contributed by atoms with Crippen molar-refractivity contribution in [2.75, 3.05) is 39.1 Å². The molecule has 3 heteroatoms. The molecule has 0 N–H and O–H groups in total. The molecule has 0 aromatic heterocycles. The SMILES string of the molecule is C#CCN(C)C(C)Cc1ccccc1.C#CCN(C)CCc1ccccc1.CC#CCBr.CCCCc1ccccc1. The Balaban J connectivity index is 0.000000561. The first-order valence-corrected chi connectivity index (χ1v) is 15.9. The lowest BCUT2D eigenvalue weighted by atomic mass is 10.1. The van der Waals surface area contributed by atoms with Gasteiger partial charge in [-0.25, -0.2) is 0 Å². The lowest BCUT2D eigenvalue weighted by molar-refractivity contribution is 0.287. The molecule has 42 heavy (non-hydrogen) atoms. The van der Waals surface area contributed by atoms with E-state index in [0.29, 0.717) is 12.6 Å². The van der Waals surface area contributed by atoms with E-state index in [9.17, 15) is 0 Å². The van der Waals surface area contributed by atoms with Crippen LogP contribution < -0.4 is 0 Å². The minimum absolute atomic E-state index is 0.494. The van der Waals surface area contributed by atoms with E-state index in [2.05, 4.69) is 149 Å². The first-order chi connectivity index (χ1) is 20.4. The predicted octanol–water partition coefficient (Wildman–Crippen LogP) is 8.41. The Hall–Kier alpha value is -3.26. The molecule has 0 saturated heterocycles. The second kappa shape index (κ2) is 27.9. The van der Waals surface area contributed by atoms with E-state index in [1.807, 2.05) is 26.1 Å². The first-order valence-electron chi connectivity index (χ1n) is 14.7. The van der Waals surface area contributed by atoms with Gasteiger partial charge in [-0.15, -0.1) is 18.8 Å². The van der Waals surface area contributed by atoms with E-state index in [0.717, 1.165) is 31.3 Å². The maximum Gasteiger partial charge on any atom is 0.0645 e. The summed E-state index contributed by atoms with van der Waals surface area (Å²) in [7, 11) is 4.11. The topological polar surface area (TPSA) is 6.48 Å². The molecule has 0 fully saturated rings. The largest absolute Gasteiger partial charge is 0.295 e. The molecule has 0 amide bonds. The van der Waals surface area contributed by atoms with Crippen molar-refractivity contribution in [3.63, 3.8) is 0 Å². The van der Waals surface area contributed by atoms with Crippen LogP contribution >= 0.6 is 15.9 Å². The highest BCUT2D eigenvalue weighted by Crippen LogP contribution is 2.06. The Morgan fingerprint density at radius 3 is 1.62 bits per heavy atom. The summed E-state index contributed by atoms with van der Waals surface area (Å²) in [5, 5.41) is 0.795. The van der Waals surface area contributed by atoms with Crippen LogP contribution in [0.2, 0.25) is 0 Å². The van der Waals surface area contributed by atoms with Crippen LogP contribution in [0.4, 0.5) is 0 Å². The maximum atomic E-state index is 5.27. The molecule has 0 radical (unpaired) electrons. The van der Waals surface area contributed by atoms with Crippen molar-refractivity contribution in [3.8, 4) is 36.5 Å². The molecule has 1 unspecified atom stereocenters. The Kier molecular flexibility index (Phi) is 25.7. The number of alkyl halides is 1. The van der Waals surface area contributed by atoms with E-state index >= 15 is 0 Å². The molecular formula is C39H51BrN2. The van der Waals surface area contributed by atoms with Gasteiger partial charge in [-0.3, -0.25) is 9.80 Å². The number of hydrogen-bond donors (Lipinski definition) is 0. The second-order valence-electron chi connectivity index (χ2n) is 9.99. The normalized spacial score (nSPS) is 10.1. The number of unbranched alkanes of at least 4 members (excludes halogenated alkanes) is 1. The molecule has 2 nitrogen and oxygen atoms in total. The molecule has 3 aromatic rings. The van der Waals surface area contributed by atoms with Gasteiger partial charge in [0.05, 0.1) is 18.4 Å². The summed E-state index contributed by atoms with van der Waals surface area (Å²) >= 11 is 3.14. The lowest BCUT2D eigenvalue weighted by Gasteiger charge is -2.22. The highest BCUT2D eigenvalue weighted by Gasteiger charge is 2.07. The monoisotopic (exact) mass is 626 g/mol. The summed E-state index contributed by atoms with van der Waals surface area (Å²) in [5.41, 5.74) is 4.19. The number of terminal acetylenes is 2. The molecule has 0 spiro atoms. The molecule has 3 aromatic carbocycles. The zero-order valence-corrected chi connectivity index (χ0v) is 28.1. The van der Waals surface area contributed by atoms with Crippen LogP contribution in [-0.4, -0.2) is 54.9 Å². The average molecular weight is 628 g/mol. The van der Waals surface area contributed by atoms with Gasteiger partial charge < -0.3 is 0 Å². The minimum Gasteiger partial charge on any atom is -0.295 e. The Morgan fingerprint density at radius 2 is 1.21 bits per heavy atom. The number of nitrogens with zero attached hydrogens (tertiary/aromatic N) is 2. The highest BCUT2D eigenvalue weighted by atomic mass is 79.9. The van der Waals surface area contributed by atoms with Gasteiger partial charge in [-0.1, -0.05) is 138 Å². The molecule has 224 valence electrons. The van der Waals surface area contributed by atoms with Crippen molar-refractivity contribution < 1.29 is 0 Å². The van der Waals surface area contributed by atoms with Crippen molar-refractivity contribution in [2.45, 2.75) is 58.9 Å². The summed E-state index contributed by atoms with van der Waals surface area (Å²) < 4.78 is 0. The van der Waals surface area contributed by atoms with E-state index in [1.165, 1.54) is 36.0 Å². The average Bonchev–Trinajstić information content (AvgIpc) is 3.02. The van der Waals surface area contributed by atoms with Crippen molar-refractivity contribution >= 4 is 15.9 Å². The van der Waals surface area contributed by atoms with E-state index in [1.54, 1.807) is 0 Å². The van der Waals surface area contributed by atoms with Gasteiger partial charge in [-0.2, -0.15) is 0 Å². The zero-order valence-electron chi connectivity index (χ0n) is 26.5. The molecule has 0 heterocycles. The zero-order chi connectivity index (χ0) is 31.3. The van der Waals surface area contributed by atoms with Crippen LogP contribution in [0.5, 0.6) is 0 Å². The van der Waals surface area contributed by atoms with Crippen molar-refractivity contribution in [1.29, 1.82) is 0 Å². The van der Waals surface area contributed by atoms with Crippen LogP contribution in [0, 0.1) is 36.5 Å². The van der Waals surface area contributed by atoms with Crippen molar-refractivity contribution in [3.05, 3.63) is 108 Å². The molecule has 0 bridgehead atoms. The van der Waals surface area contributed by atoms with Gasteiger partial charge in [0, 0.05) is 12.6 Å². The summed E-state index contributed by atoms with van der Waals surface area (Å²) in [4.78, 5) is 4.33. The first kappa shape index (κ1) is 38.7. The number of hydrogen-bond acceptors (Lipinski definition) is 2. The van der Waals surface area contributed by atoms with Gasteiger partial charge in [-0.05, 0) is 70.3 Å². The van der Waals surface area contributed by atoms with Crippen molar-refractivity contribution in [1.82, 2.24) is 9.80 Å². The van der Waals surface area contributed by atoms with Crippen LogP contribution in [0.3, 0.4) is 0 Å². The number of halogens is 1. The van der Waals surface area contributed by atoms with Crippen LogP contribution in [-0.2, 0) is 19.3 Å². The van der Waals surface area contributed by atoms with Crippen molar-refractivity contribution in [2.24, 2.45) is 0 Å². The summed E-state index contributed by atoms with van der Waals surface area (Å²) in [5.74, 6) is 10.8. The fourth-order valence-electron chi connectivity index (χ4n) is 3.70. The molecule has 0 aliphatic carbocycles. The molecule has 0 aliphatic rings. The fraction of sp³-hybridized carbons (Fsp3) is 0.385. The van der Waals surface area contributed by atoms with E-state index in [4.69, 9.17) is 12.8 Å². The molecule has 0 aliphatic heterocycles. The minimum atomic E-state index is 0.494. The van der Waals surface area contributed by atoms with E-state index in [-0.39, 0.29) is 0 Å². The highest BCUT2D eigenvalue weighted by molar-refractivity contribution is 9.09. The van der Waals surface area contributed by atoms with Gasteiger partial charge in [0.1, 0.15) is 0 Å². The molecule has 0 saturated carbocycles. The Morgan fingerprint density at radius 1 is 0.738 bits per heavy atom. The quantitative estimate of drug-likeness (QED) is 0.156. The lowest BCUT2D eigenvalue weighted by Crippen LogP contribution is -2.31. The Bertz CT molecular complexity index is 1150. The summed E-state index contributed by atoms with van der Waals surface area (Å²) in [6.07, 6.45) is 16.4. The van der Waals surface area contributed by atoms with E-state index < -0.39 is 0 Å². The number of rotatable bonds is 11. The molecule has 1 atom stereocenters. The standard InChI is InChI=1S/C13H17N.C12H15N.C10H14.C4H5Br/c1-4-10-14(3)12(2)11-13-8-6-5-7-9-13;1-3-10-13(2)11-9-12-7-5-4-6-8-12;1-2-3-7-10-8-5-4-6-9-10;1-2-3-4-5/h1,5-9,12H,10-11H2,2-3H3;1,4-8H,9-11H2,2H3;4-6,8-9H,2-3,7H2,1H3;4H2,1H3. The molecular weight excluding hydrogens is 576 g/mol. The Labute approximate surface area is 267 Å². The maximum absolute atomic E-state index is 5.27. The number of likely N-dealkylation sites (N-methyl/N-ethyl adjacent to an activating group) is 2. The van der Waals surface area contributed by atoms with Crippen LogP contribution in [0.1, 0.15) is 50.3 Å². The predicted molar refractivity (Wildman–Crippen MR) is 190 cm³/mol. The van der Waals surface area contributed by atoms with Gasteiger partial charge in [0.15, 0.2) is 0 Å².